The zero-order chi connectivity index (χ0) is 14.2. The molecule has 0 radical (unpaired) electrons. The van der Waals surface area contributed by atoms with Gasteiger partial charge in [0.2, 0.25) is 5.91 Å². The number of fused-ring (bicyclic) bond motifs is 1. The van der Waals surface area contributed by atoms with Crippen LogP contribution in [0.25, 0.3) is 0 Å². The second-order valence-corrected chi connectivity index (χ2v) is 5.49. The fraction of sp³-hybridized carbons (Fsp3) is 0.467. The molecule has 1 heterocycles. The van der Waals surface area contributed by atoms with Crippen LogP contribution in [0.3, 0.4) is 0 Å². The number of carboxylic acids is 1. The normalized spacial score (nSPS) is 22.9. The number of rotatable bonds is 3. The summed E-state index contributed by atoms with van der Waals surface area (Å²) in [4.78, 5) is 23.9. The van der Waals surface area contributed by atoms with Crippen LogP contribution >= 0.6 is 0 Å². The molecule has 20 heavy (non-hydrogen) atoms. The summed E-state index contributed by atoms with van der Waals surface area (Å²) >= 11 is 0. The van der Waals surface area contributed by atoms with Crippen molar-refractivity contribution in [3.8, 4) is 5.75 Å². The van der Waals surface area contributed by atoms with Gasteiger partial charge in [0, 0.05) is 5.56 Å². The minimum atomic E-state index is -1.09. The van der Waals surface area contributed by atoms with Crippen molar-refractivity contribution in [1.82, 2.24) is 5.32 Å². The zero-order valence-corrected chi connectivity index (χ0v) is 11.1. The summed E-state index contributed by atoms with van der Waals surface area (Å²) in [5.41, 5.74) is -0.252. The van der Waals surface area contributed by atoms with Crippen molar-refractivity contribution in [1.29, 1.82) is 0 Å². The molecule has 2 N–H and O–H groups in total. The van der Waals surface area contributed by atoms with Crippen LogP contribution < -0.4 is 10.1 Å². The lowest BCUT2D eigenvalue weighted by Gasteiger charge is -2.26. The molecule has 0 aromatic heterocycles. The summed E-state index contributed by atoms with van der Waals surface area (Å²) in [6.45, 7) is 0.279. The molecule has 1 amide bonds. The highest BCUT2D eigenvalue weighted by molar-refractivity contribution is 5.91. The lowest BCUT2D eigenvalue weighted by atomic mass is 9.94. The van der Waals surface area contributed by atoms with Crippen molar-refractivity contribution < 1.29 is 19.4 Å². The van der Waals surface area contributed by atoms with Gasteiger partial charge in [-0.2, -0.15) is 0 Å². The van der Waals surface area contributed by atoms with E-state index in [4.69, 9.17) is 4.74 Å². The fourth-order valence-electron chi connectivity index (χ4n) is 3.07. The average molecular weight is 275 g/mol. The summed E-state index contributed by atoms with van der Waals surface area (Å²) < 4.78 is 5.48. The van der Waals surface area contributed by atoms with E-state index >= 15 is 0 Å². The van der Waals surface area contributed by atoms with Crippen LogP contribution in [0.4, 0.5) is 0 Å². The molecule has 1 fully saturated rings. The minimum absolute atomic E-state index is 0.251. The summed E-state index contributed by atoms with van der Waals surface area (Å²) in [6, 6.07) is 7.39. The first-order chi connectivity index (χ1) is 9.62. The smallest absolute Gasteiger partial charge is 0.329 e. The Kier molecular flexibility index (Phi) is 3.12. The number of hydrogen-bond donors (Lipinski definition) is 2. The molecule has 1 aliphatic carbocycles. The lowest BCUT2D eigenvalue weighted by Crippen LogP contribution is -2.53. The van der Waals surface area contributed by atoms with E-state index in [1.807, 2.05) is 24.3 Å². The van der Waals surface area contributed by atoms with Crippen molar-refractivity contribution in [2.75, 3.05) is 6.61 Å². The Labute approximate surface area is 116 Å². The summed E-state index contributed by atoms with van der Waals surface area (Å²) in [6.07, 6.45) is 2.68. The van der Waals surface area contributed by atoms with E-state index in [-0.39, 0.29) is 12.5 Å². The number of para-hydroxylation sites is 1. The van der Waals surface area contributed by atoms with Gasteiger partial charge in [0.1, 0.15) is 23.8 Å². The van der Waals surface area contributed by atoms with Gasteiger partial charge in [-0.1, -0.05) is 31.0 Å². The Balaban J connectivity index is 1.79. The summed E-state index contributed by atoms with van der Waals surface area (Å²) in [7, 11) is 0. The Bertz CT molecular complexity index is 549. The number of carboxylic acid groups (broad SMARTS) is 1. The van der Waals surface area contributed by atoms with E-state index < -0.39 is 17.4 Å². The van der Waals surface area contributed by atoms with Crippen LogP contribution in [0, 0.1) is 0 Å². The van der Waals surface area contributed by atoms with Gasteiger partial charge in [-0.25, -0.2) is 4.79 Å². The average Bonchev–Trinajstić information content (AvgIpc) is 3.05. The molecule has 3 rings (SSSR count). The second kappa shape index (κ2) is 4.81. The topological polar surface area (TPSA) is 75.6 Å². The van der Waals surface area contributed by atoms with Crippen LogP contribution in [0.2, 0.25) is 0 Å². The van der Waals surface area contributed by atoms with E-state index in [2.05, 4.69) is 5.32 Å². The fourth-order valence-corrected chi connectivity index (χ4v) is 3.07. The van der Waals surface area contributed by atoms with Gasteiger partial charge in [0.05, 0.1) is 0 Å². The molecule has 0 bridgehead atoms. The van der Waals surface area contributed by atoms with Crippen molar-refractivity contribution in [2.45, 2.75) is 37.1 Å². The Morgan fingerprint density at radius 3 is 2.65 bits per heavy atom. The van der Waals surface area contributed by atoms with Crippen molar-refractivity contribution >= 4 is 11.9 Å². The Morgan fingerprint density at radius 1 is 1.25 bits per heavy atom. The highest BCUT2D eigenvalue weighted by Gasteiger charge is 2.44. The van der Waals surface area contributed by atoms with Gasteiger partial charge in [-0.3, -0.25) is 4.79 Å². The third kappa shape index (κ3) is 2.03. The largest absolute Gasteiger partial charge is 0.492 e. The lowest BCUT2D eigenvalue weighted by molar-refractivity contribution is -0.147. The first-order valence-corrected chi connectivity index (χ1v) is 6.89. The first kappa shape index (κ1) is 13.0. The maximum atomic E-state index is 12.4. The van der Waals surface area contributed by atoms with E-state index in [9.17, 15) is 14.7 Å². The molecule has 2 aliphatic rings. The van der Waals surface area contributed by atoms with Crippen LogP contribution in [-0.2, 0) is 9.59 Å². The van der Waals surface area contributed by atoms with E-state index in [1.165, 1.54) is 0 Å². The molecule has 106 valence electrons. The Morgan fingerprint density at radius 2 is 1.95 bits per heavy atom. The molecule has 0 spiro atoms. The molecule has 1 saturated carbocycles. The van der Waals surface area contributed by atoms with Gasteiger partial charge in [0.15, 0.2) is 0 Å². The molecule has 0 saturated heterocycles. The van der Waals surface area contributed by atoms with Crippen molar-refractivity contribution in [3.63, 3.8) is 0 Å². The third-order valence-corrected chi connectivity index (χ3v) is 4.25. The van der Waals surface area contributed by atoms with Crippen LogP contribution in [0.1, 0.15) is 37.2 Å². The molecular formula is C15H17NO4. The first-order valence-electron chi connectivity index (χ1n) is 6.89. The van der Waals surface area contributed by atoms with E-state index in [0.717, 1.165) is 18.4 Å². The monoisotopic (exact) mass is 275 g/mol. The Hall–Kier alpha value is -2.04. The number of hydrogen-bond acceptors (Lipinski definition) is 3. The van der Waals surface area contributed by atoms with Crippen molar-refractivity contribution in [2.24, 2.45) is 0 Å². The van der Waals surface area contributed by atoms with Crippen LogP contribution in [-0.4, -0.2) is 29.1 Å². The van der Waals surface area contributed by atoms with E-state index in [1.54, 1.807) is 0 Å². The molecule has 0 unspecified atom stereocenters. The van der Waals surface area contributed by atoms with Crippen LogP contribution in [0.5, 0.6) is 5.75 Å². The zero-order valence-electron chi connectivity index (χ0n) is 11.1. The number of carbonyl (C=O) groups is 2. The molecular weight excluding hydrogens is 258 g/mol. The van der Waals surface area contributed by atoms with Gasteiger partial charge < -0.3 is 15.2 Å². The predicted octanol–water partition coefficient (Wildman–Crippen LogP) is 1.68. The number of ether oxygens (including phenoxy) is 1. The SMILES string of the molecule is O=C(NC1(C(=O)O)CCCC1)[C@H]1COc2ccccc21. The van der Waals surface area contributed by atoms with Gasteiger partial charge in [-0.15, -0.1) is 0 Å². The summed E-state index contributed by atoms with van der Waals surface area (Å²) in [5, 5.41) is 12.2. The minimum Gasteiger partial charge on any atom is -0.492 e. The maximum Gasteiger partial charge on any atom is 0.329 e. The number of carbonyl (C=O) groups excluding carboxylic acids is 1. The van der Waals surface area contributed by atoms with Gasteiger partial charge in [0.25, 0.3) is 0 Å². The summed E-state index contributed by atoms with van der Waals surface area (Å²) in [5.74, 6) is -0.888. The maximum absolute atomic E-state index is 12.4. The molecule has 1 aromatic carbocycles. The number of benzene rings is 1. The number of aliphatic carboxylic acids is 1. The van der Waals surface area contributed by atoms with Gasteiger partial charge in [-0.05, 0) is 18.9 Å². The van der Waals surface area contributed by atoms with Crippen LogP contribution in [0.15, 0.2) is 24.3 Å². The second-order valence-electron chi connectivity index (χ2n) is 5.49. The predicted molar refractivity (Wildman–Crippen MR) is 71.7 cm³/mol. The number of amides is 1. The highest BCUT2D eigenvalue weighted by atomic mass is 16.5. The quantitative estimate of drug-likeness (QED) is 0.880. The van der Waals surface area contributed by atoms with E-state index in [0.29, 0.717) is 18.6 Å². The molecule has 1 aliphatic heterocycles. The molecule has 5 nitrogen and oxygen atoms in total. The molecule has 1 atom stereocenters. The van der Waals surface area contributed by atoms with Gasteiger partial charge >= 0.3 is 5.97 Å². The third-order valence-electron chi connectivity index (χ3n) is 4.25. The highest BCUT2D eigenvalue weighted by Crippen LogP contribution is 2.35. The number of nitrogens with one attached hydrogen (secondary N) is 1. The van der Waals surface area contributed by atoms with Crippen molar-refractivity contribution in [3.05, 3.63) is 29.8 Å². The standard InChI is InChI=1S/C15H17NO4/c17-13(16-15(14(18)19)7-3-4-8-15)11-9-20-12-6-2-1-5-10(11)12/h1-2,5-6,11H,3-4,7-9H2,(H,16,17)(H,18,19)/t11-/m0/s1. The molecule has 5 heteroatoms. The molecule has 1 aromatic rings.